The molecule has 3 aromatic rings. The Morgan fingerprint density at radius 1 is 1.10 bits per heavy atom. The topological polar surface area (TPSA) is 30.7 Å². The predicted molar refractivity (Wildman–Crippen MR) is 86.1 cm³/mol. The molecule has 0 aliphatic carbocycles. The van der Waals surface area contributed by atoms with Gasteiger partial charge in [0.1, 0.15) is 5.69 Å². The van der Waals surface area contributed by atoms with E-state index in [2.05, 4.69) is 10.3 Å². The maximum Gasteiger partial charge on any atom is 0.106 e. The highest BCUT2D eigenvalue weighted by molar-refractivity contribution is 6.30. The van der Waals surface area contributed by atoms with Crippen molar-refractivity contribution < 1.29 is 0 Å². The van der Waals surface area contributed by atoms with Crippen molar-refractivity contribution in [1.29, 1.82) is 0 Å². The van der Waals surface area contributed by atoms with Gasteiger partial charge in [-0.2, -0.15) is 0 Å². The van der Waals surface area contributed by atoms with E-state index < -0.39 is 0 Å². The molecule has 0 aliphatic rings. The standard InChI is InChI=1S/C16H13Cl2N3/c1-11-5-7-14(8-6-11)21-16(15(10-17)19-20-21)12-3-2-4-13(18)9-12/h2-9H,10H2,1H3. The van der Waals surface area contributed by atoms with Crippen LogP contribution in [-0.2, 0) is 5.88 Å². The Labute approximate surface area is 133 Å². The van der Waals surface area contributed by atoms with Gasteiger partial charge < -0.3 is 0 Å². The van der Waals surface area contributed by atoms with Gasteiger partial charge in [0.2, 0.25) is 0 Å². The van der Waals surface area contributed by atoms with Gasteiger partial charge in [-0.15, -0.1) is 16.7 Å². The summed E-state index contributed by atoms with van der Waals surface area (Å²) >= 11 is 12.1. The highest BCUT2D eigenvalue weighted by Gasteiger charge is 2.15. The van der Waals surface area contributed by atoms with Gasteiger partial charge >= 0.3 is 0 Å². The molecule has 0 saturated carbocycles. The fourth-order valence-corrected chi connectivity index (χ4v) is 2.56. The summed E-state index contributed by atoms with van der Waals surface area (Å²) in [7, 11) is 0. The first-order valence-corrected chi connectivity index (χ1v) is 7.44. The van der Waals surface area contributed by atoms with E-state index in [-0.39, 0.29) is 0 Å². The number of hydrogen-bond acceptors (Lipinski definition) is 2. The number of benzene rings is 2. The zero-order chi connectivity index (χ0) is 14.8. The van der Waals surface area contributed by atoms with Gasteiger partial charge in [-0.1, -0.05) is 46.6 Å². The van der Waals surface area contributed by atoms with Crippen LogP contribution < -0.4 is 0 Å². The minimum Gasteiger partial charge on any atom is -0.213 e. The van der Waals surface area contributed by atoms with Crippen LogP contribution in [0.1, 0.15) is 11.3 Å². The van der Waals surface area contributed by atoms with E-state index in [1.807, 2.05) is 55.5 Å². The van der Waals surface area contributed by atoms with Crippen molar-refractivity contribution in [2.45, 2.75) is 12.8 Å². The number of hydrogen-bond donors (Lipinski definition) is 0. The fourth-order valence-electron chi connectivity index (χ4n) is 2.19. The van der Waals surface area contributed by atoms with E-state index in [1.54, 1.807) is 4.68 Å². The van der Waals surface area contributed by atoms with Gasteiger partial charge in [0.25, 0.3) is 0 Å². The molecule has 0 fully saturated rings. The fraction of sp³-hybridized carbons (Fsp3) is 0.125. The highest BCUT2D eigenvalue weighted by atomic mass is 35.5. The van der Waals surface area contributed by atoms with Gasteiger partial charge in [0, 0.05) is 10.6 Å². The van der Waals surface area contributed by atoms with Gasteiger partial charge in [0.15, 0.2) is 0 Å². The molecule has 5 heteroatoms. The summed E-state index contributed by atoms with van der Waals surface area (Å²) < 4.78 is 1.79. The molecule has 21 heavy (non-hydrogen) atoms. The average molecular weight is 318 g/mol. The van der Waals surface area contributed by atoms with Crippen LogP contribution in [0.15, 0.2) is 48.5 Å². The van der Waals surface area contributed by atoms with Crippen LogP contribution in [0.25, 0.3) is 16.9 Å². The first kappa shape index (κ1) is 14.1. The van der Waals surface area contributed by atoms with E-state index in [0.717, 1.165) is 22.6 Å². The lowest BCUT2D eigenvalue weighted by Crippen LogP contribution is -2.00. The van der Waals surface area contributed by atoms with Crippen molar-refractivity contribution in [1.82, 2.24) is 15.0 Å². The molecule has 0 bridgehead atoms. The molecule has 106 valence electrons. The Bertz CT molecular complexity index is 763. The molecule has 0 unspecified atom stereocenters. The van der Waals surface area contributed by atoms with Crippen LogP contribution >= 0.6 is 23.2 Å². The van der Waals surface area contributed by atoms with E-state index in [0.29, 0.717) is 10.9 Å². The summed E-state index contributed by atoms with van der Waals surface area (Å²) in [5.41, 5.74) is 4.69. The lowest BCUT2D eigenvalue weighted by Gasteiger charge is -2.08. The Morgan fingerprint density at radius 2 is 1.86 bits per heavy atom. The van der Waals surface area contributed by atoms with Crippen LogP contribution in [0.3, 0.4) is 0 Å². The molecule has 0 saturated heterocycles. The second-order valence-corrected chi connectivity index (χ2v) is 5.48. The SMILES string of the molecule is Cc1ccc(-n2nnc(CCl)c2-c2cccc(Cl)c2)cc1. The van der Waals surface area contributed by atoms with E-state index in [1.165, 1.54) is 5.56 Å². The van der Waals surface area contributed by atoms with Crippen LogP contribution in [0, 0.1) is 6.92 Å². The zero-order valence-corrected chi connectivity index (χ0v) is 12.9. The van der Waals surface area contributed by atoms with Gasteiger partial charge in [-0.3, -0.25) is 0 Å². The average Bonchev–Trinajstić information content (AvgIpc) is 2.92. The predicted octanol–water partition coefficient (Wildman–Crippen LogP) is 4.63. The number of aromatic nitrogens is 3. The molecule has 0 atom stereocenters. The third-order valence-electron chi connectivity index (χ3n) is 3.24. The van der Waals surface area contributed by atoms with Gasteiger partial charge in [-0.25, -0.2) is 4.68 Å². The van der Waals surface area contributed by atoms with Gasteiger partial charge in [-0.05, 0) is 31.2 Å². The third-order valence-corrected chi connectivity index (χ3v) is 3.73. The Kier molecular flexibility index (Phi) is 3.95. The van der Waals surface area contributed by atoms with Crippen molar-refractivity contribution in [3.8, 4) is 16.9 Å². The van der Waals surface area contributed by atoms with E-state index >= 15 is 0 Å². The third kappa shape index (κ3) is 2.80. The molecular weight excluding hydrogens is 305 g/mol. The second-order valence-electron chi connectivity index (χ2n) is 4.78. The van der Waals surface area contributed by atoms with Crippen LogP contribution in [0.5, 0.6) is 0 Å². The summed E-state index contributed by atoms with van der Waals surface area (Å²) in [4.78, 5) is 0. The molecule has 1 aromatic heterocycles. The maximum atomic E-state index is 6.09. The Balaban J connectivity index is 2.19. The molecule has 3 rings (SSSR count). The number of halogens is 2. The van der Waals surface area contributed by atoms with Crippen LogP contribution in [0.2, 0.25) is 5.02 Å². The molecule has 2 aromatic carbocycles. The number of aryl methyl sites for hydroxylation is 1. The minimum absolute atomic E-state index is 0.299. The molecule has 0 radical (unpaired) electrons. The number of rotatable bonds is 3. The minimum atomic E-state index is 0.299. The normalized spacial score (nSPS) is 10.8. The Morgan fingerprint density at radius 3 is 2.52 bits per heavy atom. The number of alkyl halides is 1. The highest BCUT2D eigenvalue weighted by Crippen LogP contribution is 2.28. The molecule has 1 heterocycles. The molecule has 0 aliphatic heterocycles. The van der Waals surface area contributed by atoms with Crippen molar-refractivity contribution >= 4 is 23.2 Å². The van der Waals surface area contributed by atoms with Crippen molar-refractivity contribution in [2.75, 3.05) is 0 Å². The Hall–Kier alpha value is -1.84. The first-order chi connectivity index (χ1) is 10.2. The van der Waals surface area contributed by atoms with Crippen LogP contribution in [0.4, 0.5) is 0 Å². The lowest BCUT2D eigenvalue weighted by atomic mass is 10.1. The second kappa shape index (κ2) is 5.88. The molecular formula is C16H13Cl2N3. The summed E-state index contributed by atoms with van der Waals surface area (Å²) in [5, 5.41) is 9.08. The van der Waals surface area contributed by atoms with Crippen molar-refractivity contribution in [3.63, 3.8) is 0 Å². The molecule has 0 N–H and O–H groups in total. The van der Waals surface area contributed by atoms with E-state index in [9.17, 15) is 0 Å². The number of nitrogens with zero attached hydrogens (tertiary/aromatic N) is 3. The first-order valence-electron chi connectivity index (χ1n) is 6.52. The monoisotopic (exact) mass is 317 g/mol. The molecule has 3 nitrogen and oxygen atoms in total. The van der Waals surface area contributed by atoms with E-state index in [4.69, 9.17) is 23.2 Å². The zero-order valence-electron chi connectivity index (χ0n) is 11.4. The lowest BCUT2D eigenvalue weighted by molar-refractivity contribution is 0.804. The summed E-state index contributed by atoms with van der Waals surface area (Å²) in [6.45, 7) is 2.05. The summed E-state index contributed by atoms with van der Waals surface area (Å²) in [6, 6.07) is 15.7. The van der Waals surface area contributed by atoms with Crippen molar-refractivity contribution in [2.24, 2.45) is 0 Å². The smallest absolute Gasteiger partial charge is 0.106 e. The molecule has 0 spiro atoms. The quantitative estimate of drug-likeness (QED) is 0.659. The molecule has 0 amide bonds. The maximum absolute atomic E-state index is 6.09. The summed E-state index contributed by atoms with van der Waals surface area (Å²) in [6.07, 6.45) is 0. The van der Waals surface area contributed by atoms with Gasteiger partial charge in [0.05, 0.1) is 17.3 Å². The largest absolute Gasteiger partial charge is 0.213 e. The summed E-state index contributed by atoms with van der Waals surface area (Å²) in [5.74, 6) is 0.299. The van der Waals surface area contributed by atoms with Crippen LogP contribution in [-0.4, -0.2) is 15.0 Å². The van der Waals surface area contributed by atoms with Crippen molar-refractivity contribution in [3.05, 3.63) is 64.8 Å².